The Balaban J connectivity index is 0.000000218. The van der Waals surface area contributed by atoms with Crippen molar-refractivity contribution in [1.29, 1.82) is 0 Å². The van der Waals surface area contributed by atoms with Crippen molar-refractivity contribution in [2.45, 2.75) is 59.8 Å². The van der Waals surface area contributed by atoms with Crippen molar-refractivity contribution in [1.82, 2.24) is 0 Å². The zero-order valence-corrected chi connectivity index (χ0v) is 8.69. The highest BCUT2D eigenvalue weighted by Crippen LogP contribution is 2.29. The van der Waals surface area contributed by atoms with Crippen LogP contribution in [0.5, 0.6) is 0 Å². The molecule has 1 fully saturated rings. The molecule has 0 aliphatic heterocycles. The Morgan fingerprint density at radius 2 is 1.27 bits per heavy atom. The van der Waals surface area contributed by atoms with Crippen LogP contribution in [0.1, 0.15) is 59.8 Å². The molecule has 2 unspecified atom stereocenters. The van der Waals surface area contributed by atoms with E-state index in [4.69, 9.17) is 0 Å². The summed E-state index contributed by atoms with van der Waals surface area (Å²) in [7, 11) is 0. The molecule has 1 aliphatic carbocycles. The van der Waals surface area contributed by atoms with E-state index in [1.807, 2.05) is 0 Å². The van der Waals surface area contributed by atoms with Crippen LogP contribution in [0.4, 0.5) is 0 Å². The SMILES string of the molecule is CC1CCC(C)C1.CCCC. The molecule has 0 bridgehead atoms. The van der Waals surface area contributed by atoms with Gasteiger partial charge in [0.25, 0.3) is 0 Å². The minimum absolute atomic E-state index is 1.02. The maximum Gasteiger partial charge on any atom is -0.0440 e. The summed E-state index contributed by atoms with van der Waals surface area (Å²) in [5, 5.41) is 0. The summed E-state index contributed by atoms with van der Waals surface area (Å²) in [6, 6.07) is 0. The molecule has 0 aromatic rings. The van der Waals surface area contributed by atoms with Gasteiger partial charge in [-0.05, 0) is 18.3 Å². The van der Waals surface area contributed by atoms with E-state index in [1.54, 1.807) is 0 Å². The van der Waals surface area contributed by atoms with Gasteiger partial charge in [-0.1, -0.05) is 53.4 Å². The van der Waals surface area contributed by atoms with Crippen molar-refractivity contribution in [2.24, 2.45) is 11.8 Å². The third-order valence-electron chi connectivity index (χ3n) is 2.46. The van der Waals surface area contributed by atoms with Gasteiger partial charge in [-0.2, -0.15) is 0 Å². The first kappa shape index (κ1) is 11.0. The summed E-state index contributed by atoms with van der Waals surface area (Å²) >= 11 is 0. The molecule has 0 aromatic carbocycles. The van der Waals surface area contributed by atoms with E-state index in [0.29, 0.717) is 0 Å². The fourth-order valence-electron chi connectivity index (χ4n) is 1.49. The van der Waals surface area contributed by atoms with Crippen molar-refractivity contribution < 1.29 is 0 Å². The summed E-state index contributed by atoms with van der Waals surface area (Å²) in [4.78, 5) is 0. The largest absolute Gasteiger partial charge is 0.0654 e. The fraction of sp³-hybridized carbons (Fsp3) is 1.00. The molecule has 0 N–H and O–H groups in total. The standard InChI is InChI=1S/C7H14.C4H10/c1-6-3-4-7(2)5-6;1-3-4-2/h6-7H,3-5H2,1-2H3;3-4H2,1-2H3. The Morgan fingerprint density at radius 3 is 1.36 bits per heavy atom. The van der Waals surface area contributed by atoms with E-state index < -0.39 is 0 Å². The Labute approximate surface area is 72.4 Å². The second-order valence-corrected chi connectivity index (χ2v) is 4.02. The molecule has 0 radical (unpaired) electrons. The topological polar surface area (TPSA) is 0 Å². The van der Waals surface area contributed by atoms with Crippen LogP contribution in [0.15, 0.2) is 0 Å². The summed E-state index contributed by atoms with van der Waals surface area (Å²) in [6.07, 6.45) is 7.06. The van der Waals surface area contributed by atoms with Crippen LogP contribution in [0.3, 0.4) is 0 Å². The molecule has 68 valence electrons. The minimum Gasteiger partial charge on any atom is -0.0654 e. The van der Waals surface area contributed by atoms with Crippen molar-refractivity contribution in [3.8, 4) is 0 Å². The summed E-state index contributed by atoms with van der Waals surface area (Å²) in [6.45, 7) is 9.06. The van der Waals surface area contributed by atoms with Gasteiger partial charge in [0.15, 0.2) is 0 Å². The summed E-state index contributed by atoms with van der Waals surface area (Å²) in [5.41, 5.74) is 0. The fourth-order valence-corrected chi connectivity index (χ4v) is 1.49. The van der Waals surface area contributed by atoms with E-state index in [1.165, 1.54) is 32.1 Å². The molecule has 11 heavy (non-hydrogen) atoms. The first-order chi connectivity index (χ1) is 5.20. The van der Waals surface area contributed by atoms with Gasteiger partial charge in [0.1, 0.15) is 0 Å². The quantitative estimate of drug-likeness (QED) is 0.532. The molecule has 0 aromatic heterocycles. The second kappa shape index (κ2) is 6.69. The smallest absolute Gasteiger partial charge is 0.0440 e. The van der Waals surface area contributed by atoms with E-state index >= 15 is 0 Å². The molecule has 1 saturated carbocycles. The molecular weight excluding hydrogens is 132 g/mol. The average Bonchev–Trinajstić information content (AvgIpc) is 2.35. The molecule has 1 rings (SSSR count). The maximum absolute atomic E-state index is 2.35. The summed E-state index contributed by atoms with van der Waals surface area (Å²) in [5.74, 6) is 2.05. The van der Waals surface area contributed by atoms with Crippen molar-refractivity contribution in [3.63, 3.8) is 0 Å². The number of hydrogen-bond donors (Lipinski definition) is 0. The Hall–Kier alpha value is 0. The van der Waals surface area contributed by atoms with Gasteiger partial charge in [-0.25, -0.2) is 0 Å². The highest BCUT2D eigenvalue weighted by molar-refractivity contribution is 4.68. The van der Waals surface area contributed by atoms with E-state index in [9.17, 15) is 0 Å². The molecule has 0 heteroatoms. The molecule has 0 saturated heterocycles. The predicted octanol–water partition coefficient (Wildman–Crippen LogP) is 4.25. The van der Waals surface area contributed by atoms with Gasteiger partial charge >= 0.3 is 0 Å². The maximum atomic E-state index is 2.35. The zero-order chi connectivity index (χ0) is 8.69. The monoisotopic (exact) mass is 156 g/mol. The van der Waals surface area contributed by atoms with Crippen LogP contribution < -0.4 is 0 Å². The Morgan fingerprint density at radius 1 is 0.909 bits per heavy atom. The van der Waals surface area contributed by atoms with Gasteiger partial charge in [0, 0.05) is 0 Å². The van der Waals surface area contributed by atoms with Gasteiger partial charge < -0.3 is 0 Å². The zero-order valence-electron chi connectivity index (χ0n) is 8.69. The summed E-state index contributed by atoms with van der Waals surface area (Å²) < 4.78 is 0. The normalized spacial score (nSPS) is 29.5. The van der Waals surface area contributed by atoms with Crippen LogP contribution in [-0.4, -0.2) is 0 Å². The van der Waals surface area contributed by atoms with Gasteiger partial charge in [0.2, 0.25) is 0 Å². The van der Waals surface area contributed by atoms with Crippen LogP contribution in [0.25, 0.3) is 0 Å². The van der Waals surface area contributed by atoms with Crippen LogP contribution in [0.2, 0.25) is 0 Å². The molecule has 0 nitrogen and oxygen atoms in total. The second-order valence-electron chi connectivity index (χ2n) is 4.02. The van der Waals surface area contributed by atoms with Gasteiger partial charge in [-0.15, -0.1) is 0 Å². The number of unbranched alkanes of at least 4 members (excludes halogenated alkanes) is 1. The van der Waals surface area contributed by atoms with Crippen molar-refractivity contribution in [3.05, 3.63) is 0 Å². The lowest BCUT2D eigenvalue weighted by molar-refractivity contribution is 0.555. The molecular formula is C11H24. The van der Waals surface area contributed by atoms with Crippen LogP contribution >= 0.6 is 0 Å². The number of hydrogen-bond acceptors (Lipinski definition) is 0. The average molecular weight is 156 g/mol. The minimum atomic E-state index is 1.02. The first-order valence-electron chi connectivity index (χ1n) is 5.20. The first-order valence-corrected chi connectivity index (χ1v) is 5.20. The van der Waals surface area contributed by atoms with E-state index in [2.05, 4.69) is 27.7 Å². The van der Waals surface area contributed by atoms with Crippen LogP contribution in [0, 0.1) is 11.8 Å². The lowest BCUT2D eigenvalue weighted by Gasteiger charge is -1.96. The van der Waals surface area contributed by atoms with E-state index in [0.717, 1.165) is 11.8 Å². The molecule has 0 amide bonds. The molecule has 0 heterocycles. The molecule has 1 aliphatic rings. The number of rotatable bonds is 1. The van der Waals surface area contributed by atoms with Crippen LogP contribution in [-0.2, 0) is 0 Å². The highest BCUT2D eigenvalue weighted by Gasteiger charge is 2.15. The lowest BCUT2D eigenvalue weighted by atomic mass is 10.1. The highest BCUT2D eigenvalue weighted by atomic mass is 14.2. The Bertz CT molecular complexity index is 66.1. The van der Waals surface area contributed by atoms with Crippen molar-refractivity contribution >= 4 is 0 Å². The van der Waals surface area contributed by atoms with Crippen molar-refractivity contribution in [2.75, 3.05) is 0 Å². The third kappa shape index (κ3) is 6.40. The predicted molar refractivity (Wildman–Crippen MR) is 52.8 cm³/mol. The molecule has 0 spiro atoms. The third-order valence-corrected chi connectivity index (χ3v) is 2.46. The molecule has 2 atom stereocenters. The Kier molecular flexibility index (Phi) is 6.69. The van der Waals surface area contributed by atoms with Gasteiger partial charge in [-0.3, -0.25) is 0 Å². The van der Waals surface area contributed by atoms with E-state index in [-0.39, 0.29) is 0 Å². The lowest BCUT2D eigenvalue weighted by Crippen LogP contribution is -1.84. The van der Waals surface area contributed by atoms with Gasteiger partial charge in [0.05, 0.1) is 0 Å².